The number of carbonyl (C=O) groups excluding carboxylic acids is 1. The summed E-state index contributed by atoms with van der Waals surface area (Å²) in [5.41, 5.74) is 1.97. The predicted molar refractivity (Wildman–Crippen MR) is 73.7 cm³/mol. The zero-order valence-corrected chi connectivity index (χ0v) is 11.6. The highest BCUT2D eigenvalue weighted by molar-refractivity contribution is 9.10. The van der Waals surface area contributed by atoms with Crippen LogP contribution in [0.5, 0.6) is 0 Å². The minimum atomic E-state index is 0.112. The summed E-state index contributed by atoms with van der Waals surface area (Å²) in [5.74, 6) is 2.48. The monoisotopic (exact) mass is 299 g/mol. The van der Waals surface area contributed by atoms with Crippen LogP contribution in [0.4, 0.5) is 5.69 Å². The summed E-state index contributed by atoms with van der Waals surface area (Å²) >= 11 is 5.55. The fourth-order valence-electron chi connectivity index (χ4n) is 1.79. The van der Waals surface area contributed by atoms with Gasteiger partial charge in [0, 0.05) is 34.6 Å². The normalized spacial score (nSPS) is 16.2. The maximum absolute atomic E-state index is 11.2. The molecule has 86 valence electrons. The molecule has 0 spiro atoms. The van der Waals surface area contributed by atoms with E-state index in [0.29, 0.717) is 0 Å². The van der Waals surface area contributed by atoms with Gasteiger partial charge in [0.05, 0.1) is 5.69 Å². The van der Waals surface area contributed by atoms with Crippen LogP contribution in [0.1, 0.15) is 17.3 Å². The van der Waals surface area contributed by atoms with E-state index in [0.717, 1.165) is 23.1 Å². The highest BCUT2D eigenvalue weighted by Crippen LogP contribution is 2.29. The quantitative estimate of drug-likeness (QED) is 0.782. The molecule has 2 rings (SSSR count). The van der Waals surface area contributed by atoms with Gasteiger partial charge in [-0.05, 0) is 41.1 Å². The van der Waals surface area contributed by atoms with Crippen LogP contribution in [-0.4, -0.2) is 30.4 Å². The molecular weight excluding hydrogens is 286 g/mol. The summed E-state index contributed by atoms with van der Waals surface area (Å²) in [5, 5.41) is 0. The Kier molecular flexibility index (Phi) is 3.92. The van der Waals surface area contributed by atoms with Crippen LogP contribution in [0, 0.1) is 0 Å². The largest absolute Gasteiger partial charge is 0.369 e. The Morgan fingerprint density at radius 3 is 2.62 bits per heavy atom. The van der Waals surface area contributed by atoms with Crippen LogP contribution in [-0.2, 0) is 0 Å². The molecule has 1 aliphatic heterocycles. The second-order valence-corrected chi connectivity index (χ2v) is 5.90. The third-order valence-electron chi connectivity index (χ3n) is 2.71. The van der Waals surface area contributed by atoms with Gasteiger partial charge in [0.15, 0.2) is 5.78 Å². The Bertz CT molecular complexity index is 402. The van der Waals surface area contributed by atoms with E-state index in [1.807, 2.05) is 30.0 Å². The van der Waals surface area contributed by atoms with Crippen LogP contribution in [0.2, 0.25) is 0 Å². The van der Waals surface area contributed by atoms with Crippen molar-refractivity contribution in [1.29, 1.82) is 0 Å². The number of ketones is 1. The third-order valence-corrected chi connectivity index (χ3v) is 4.28. The molecule has 0 N–H and O–H groups in total. The van der Waals surface area contributed by atoms with Gasteiger partial charge in [-0.2, -0.15) is 11.8 Å². The Hall–Kier alpha value is -0.480. The maximum Gasteiger partial charge on any atom is 0.159 e. The molecule has 0 atom stereocenters. The Morgan fingerprint density at radius 2 is 2.06 bits per heavy atom. The summed E-state index contributed by atoms with van der Waals surface area (Å²) in [6.45, 7) is 3.77. The minimum Gasteiger partial charge on any atom is -0.369 e. The zero-order valence-electron chi connectivity index (χ0n) is 9.20. The van der Waals surface area contributed by atoms with Crippen molar-refractivity contribution in [3.63, 3.8) is 0 Å². The molecule has 0 aromatic heterocycles. The van der Waals surface area contributed by atoms with E-state index >= 15 is 0 Å². The fraction of sp³-hybridized carbons (Fsp3) is 0.417. The third kappa shape index (κ3) is 2.61. The predicted octanol–water partition coefficient (Wildman–Crippen LogP) is 3.20. The number of anilines is 1. The molecule has 1 aliphatic rings. The van der Waals surface area contributed by atoms with E-state index in [-0.39, 0.29) is 5.78 Å². The van der Waals surface area contributed by atoms with Gasteiger partial charge in [0.25, 0.3) is 0 Å². The van der Waals surface area contributed by atoms with Crippen LogP contribution in [0.3, 0.4) is 0 Å². The van der Waals surface area contributed by atoms with Crippen molar-refractivity contribution in [2.75, 3.05) is 29.5 Å². The van der Waals surface area contributed by atoms with Crippen LogP contribution < -0.4 is 4.90 Å². The van der Waals surface area contributed by atoms with Crippen LogP contribution in [0.15, 0.2) is 22.7 Å². The first-order valence-corrected chi connectivity index (χ1v) is 7.26. The molecule has 0 amide bonds. The van der Waals surface area contributed by atoms with E-state index in [2.05, 4.69) is 20.8 Å². The van der Waals surface area contributed by atoms with Gasteiger partial charge >= 0.3 is 0 Å². The molecule has 16 heavy (non-hydrogen) atoms. The van der Waals surface area contributed by atoms with Crippen molar-refractivity contribution in [1.82, 2.24) is 0 Å². The van der Waals surface area contributed by atoms with Gasteiger partial charge in [-0.25, -0.2) is 0 Å². The standard InChI is InChI=1S/C12H14BrNOS/c1-9(15)10-2-3-12(11(13)8-10)14-4-6-16-7-5-14/h2-3,8H,4-7H2,1H3. The number of hydrogen-bond acceptors (Lipinski definition) is 3. The van der Waals surface area contributed by atoms with E-state index in [4.69, 9.17) is 0 Å². The van der Waals surface area contributed by atoms with E-state index < -0.39 is 0 Å². The lowest BCUT2D eigenvalue weighted by Gasteiger charge is -2.29. The number of hydrogen-bond donors (Lipinski definition) is 0. The highest BCUT2D eigenvalue weighted by atomic mass is 79.9. The SMILES string of the molecule is CC(=O)c1ccc(N2CCSCC2)c(Br)c1. The summed E-state index contributed by atoms with van der Waals surface area (Å²) in [6.07, 6.45) is 0. The first-order chi connectivity index (χ1) is 7.68. The van der Waals surface area contributed by atoms with Crippen molar-refractivity contribution < 1.29 is 4.79 Å². The number of halogens is 1. The summed E-state index contributed by atoms with van der Waals surface area (Å²) in [4.78, 5) is 13.6. The minimum absolute atomic E-state index is 0.112. The highest BCUT2D eigenvalue weighted by Gasteiger charge is 2.14. The molecule has 1 saturated heterocycles. The Morgan fingerprint density at radius 1 is 1.38 bits per heavy atom. The molecule has 0 radical (unpaired) electrons. The Labute approximate surface area is 109 Å². The topological polar surface area (TPSA) is 20.3 Å². The zero-order chi connectivity index (χ0) is 11.5. The van der Waals surface area contributed by atoms with Crippen molar-refractivity contribution >= 4 is 39.2 Å². The lowest BCUT2D eigenvalue weighted by Crippen LogP contribution is -2.32. The molecule has 0 bridgehead atoms. The van der Waals surface area contributed by atoms with Gasteiger partial charge in [0.2, 0.25) is 0 Å². The van der Waals surface area contributed by atoms with Crippen LogP contribution in [0.25, 0.3) is 0 Å². The first-order valence-electron chi connectivity index (χ1n) is 5.31. The van der Waals surface area contributed by atoms with Gasteiger partial charge in [0.1, 0.15) is 0 Å². The number of rotatable bonds is 2. The van der Waals surface area contributed by atoms with Crippen molar-refractivity contribution in [3.8, 4) is 0 Å². The second kappa shape index (κ2) is 5.23. The van der Waals surface area contributed by atoms with E-state index in [1.54, 1.807) is 6.92 Å². The summed E-state index contributed by atoms with van der Waals surface area (Å²) < 4.78 is 1.02. The van der Waals surface area contributed by atoms with Gasteiger partial charge < -0.3 is 4.90 Å². The summed E-state index contributed by atoms with van der Waals surface area (Å²) in [7, 11) is 0. The molecule has 4 heteroatoms. The van der Waals surface area contributed by atoms with Crippen molar-refractivity contribution in [2.24, 2.45) is 0 Å². The van der Waals surface area contributed by atoms with Crippen molar-refractivity contribution in [2.45, 2.75) is 6.92 Å². The molecule has 0 aliphatic carbocycles. The number of nitrogens with zero attached hydrogens (tertiary/aromatic N) is 1. The fourth-order valence-corrected chi connectivity index (χ4v) is 3.32. The average Bonchev–Trinajstić information content (AvgIpc) is 2.30. The Balaban J connectivity index is 2.24. The molecule has 2 nitrogen and oxygen atoms in total. The molecule has 0 saturated carbocycles. The number of carbonyl (C=O) groups is 1. The maximum atomic E-state index is 11.2. The summed E-state index contributed by atoms with van der Waals surface area (Å²) in [6, 6.07) is 5.86. The van der Waals surface area contributed by atoms with Gasteiger partial charge in [-0.1, -0.05) is 0 Å². The molecular formula is C12H14BrNOS. The second-order valence-electron chi connectivity index (χ2n) is 3.82. The lowest BCUT2D eigenvalue weighted by atomic mass is 10.1. The van der Waals surface area contributed by atoms with E-state index in [1.165, 1.54) is 17.2 Å². The van der Waals surface area contributed by atoms with Gasteiger partial charge in [-0.15, -0.1) is 0 Å². The number of benzene rings is 1. The molecule has 1 aromatic rings. The molecule has 1 aromatic carbocycles. The molecule has 1 fully saturated rings. The van der Waals surface area contributed by atoms with E-state index in [9.17, 15) is 4.79 Å². The van der Waals surface area contributed by atoms with Gasteiger partial charge in [-0.3, -0.25) is 4.79 Å². The number of Topliss-reactive ketones (excluding diaryl/α,β-unsaturated/α-hetero) is 1. The van der Waals surface area contributed by atoms with Crippen molar-refractivity contribution in [3.05, 3.63) is 28.2 Å². The number of thioether (sulfide) groups is 1. The first kappa shape index (κ1) is 12.0. The smallest absolute Gasteiger partial charge is 0.159 e. The average molecular weight is 300 g/mol. The lowest BCUT2D eigenvalue weighted by molar-refractivity contribution is 0.101. The van der Waals surface area contributed by atoms with Crippen LogP contribution >= 0.6 is 27.7 Å². The molecule has 0 unspecified atom stereocenters. The molecule has 1 heterocycles.